The zero-order valence-corrected chi connectivity index (χ0v) is 15.7. The van der Waals surface area contributed by atoms with E-state index < -0.39 is 0 Å². The van der Waals surface area contributed by atoms with Crippen molar-refractivity contribution in [1.29, 1.82) is 0 Å². The summed E-state index contributed by atoms with van der Waals surface area (Å²) in [7, 11) is 0. The van der Waals surface area contributed by atoms with Gasteiger partial charge >= 0.3 is 0 Å². The number of carbonyl (C=O) groups excluding carboxylic acids is 1. The number of aryl methyl sites for hydroxylation is 1. The van der Waals surface area contributed by atoms with Crippen LogP contribution in [0, 0.1) is 6.92 Å². The number of rotatable bonds is 7. The van der Waals surface area contributed by atoms with Gasteiger partial charge < -0.3 is 10.1 Å². The van der Waals surface area contributed by atoms with Gasteiger partial charge in [0, 0.05) is 18.2 Å². The van der Waals surface area contributed by atoms with Gasteiger partial charge in [0.1, 0.15) is 6.33 Å². The molecule has 1 heterocycles. The molecular weight excluding hydrogens is 342 g/mol. The summed E-state index contributed by atoms with van der Waals surface area (Å²) in [6.45, 7) is 6.98. The molecule has 0 spiro atoms. The number of nitrogens with zero attached hydrogens (tertiary/aromatic N) is 4. The van der Waals surface area contributed by atoms with Gasteiger partial charge in [-0.1, -0.05) is 29.8 Å². The molecule has 1 atom stereocenters. The molecule has 7 heteroatoms. The Morgan fingerprint density at radius 2 is 1.96 bits per heavy atom. The maximum atomic E-state index is 12.8. The highest BCUT2D eigenvalue weighted by atomic mass is 16.5. The van der Waals surface area contributed by atoms with E-state index in [1.165, 1.54) is 16.6 Å². The first-order chi connectivity index (χ1) is 13.1. The normalized spacial score (nSPS) is 12.0. The van der Waals surface area contributed by atoms with E-state index in [-0.39, 0.29) is 11.9 Å². The van der Waals surface area contributed by atoms with Crippen molar-refractivity contribution in [3.05, 3.63) is 59.9 Å². The Bertz CT molecular complexity index is 891. The quantitative estimate of drug-likeness (QED) is 0.696. The molecule has 0 bridgehead atoms. The third-order valence-corrected chi connectivity index (χ3v) is 4.13. The maximum Gasteiger partial charge on any atom is 0.251 e. The van der Waals surface area contributed by atoms with E-state index in [0.29, 0.717) is 18.8 Å². The number of benzene rings is 2. The van der Waals surface area contributed by atoms with Gasteiger partial charge in [0.05, 0.1) is 12.3 Å². The third-order valence-electron chi connectivity index (χ3n) is 4.13. The number of ether oxygens (including phenoxy) is 1. The average molecular weight is 365 g/mol. The molecule has 1 amide bonds. The Hall–Kier alpha value is -3.06. The first-order valence-corrected chi connectivity index (χ1v) is 8.91. The van der Waals surface area contributed by atoms with E-state index in [1.807, 2.05) is 57.2 Å². The van der Waals surface area contributed by atoms with Crippen LogP contribution in [0.4, 0.5) is 0 Å². The van der Waals surface area contributed by atoms with E-state index >= 15 is 0 Å². The molecule has 3 aromatic rings. The molecule has 0 fully saturated rings. The molecule has 140 valence electrons. The van der Waals surface area contributed by atoms with Gasteiger partial charge in [0.15, 0.2) is 0 Å². The number of hydrogen-bond donors (Lipinski definition) is 1. The number of nitrogens with one attached hydrogen (secondary N) is 1. The first-order valence-electron chi connectivity index (χ1n) is 8.91. The van der Waals surface area contributed by atoms with E-state index in [4.69, 9.17) is 4.74 Å². The topological polar surface area (TPSA) is 81.9 Å². The lowest BCUT2D eigenvalue weighted by atomic mass is 10.0. The minimum absolute atomic E-state index is 0.0861. The average Bonchev–Trinajstić information content (AvgIpc) is 3.21. The molecule has 1 aromatic heterocycles. The Morgan fingerprint density at radius 3 is 2.63 bits per heavy atom. The van der Waals surface area contributed by atoms with Gasteiger partial charge in [-0.2, -0.15) is 0 Å². The summed E-state index contributed by atoms with van der Waals surface area (Å²) in [6.07, 6.45) is 1.51. The summed E-state index contributed by atoms with van der Waals surface area (Å²) in [5.41, 5.74) is 4.39. The summed E-state index contributed by atoms with van der Waals surface area (Å²) in [5, 5.41) is 14.3. The van der Waals surface area contributed by atoms with Crippen molar-refractivity contribution in [2.24, 2.45) is 0 Å². The predicted molar refractivity (Wildman–Crippen MR) is 103 cm³/mol. The van der Waals surface area contributed by atoms with E-state index in [0.717, 1.165) is 16.8 Å². The monoisotopic (exact) mass is 365 g/mol. The highest BCUT2D eigenvalue weighted by molar-refractivity contribution is 5.96. The van der Waals surface area contributed by atoms with Crippen LogP contribution in [0.3, 0.4) is 0 Å². The molecular formula is C20H23N5O2. The van der Waals surface area contributed by atoms with Crippen molar-refractivity contribution in [2.75, 3.05) is 13.2 Å². The Labute approximate surface area is 158 Å². The van der Waals surface area contributed by atoms with Gasteiger partial charge in [-0.3, -0.25) is 4.79 Å². The molecule has 0 saturated heterocycles. The van der Waals surface area contributed by atoms with Gasteiger partial charge in [-0.15, -0.1) is 5.10 Å². The summed E-state index contributed by atoms with van der Waals surface area (Å²) >= 11 is 0. The molecule has 2 aromatic carbocycles. The third kappa shape index (κ3) is 4.77. The lowest BCUT2D eigenvalue weighted by Crippen LogP contribution is -2.36. The molecule has 0 radical (unpaired) electrons. The zero-order valence-electron chi connectivity index (χ0n) is 15.7. The Kier molecular flexibility index (Phi) is 5.93. The molecule has 0 aliphatic heterocycles. The van der Waals surface area contributed by atoms with Crippen molar-refractivity contribution < 1.29 is 9.53 Å². The van der Waals surface area contributed by atoms with Gasteiger partial charge in [-0.25, -0.2) is 4.68 Å². The summed E-state index contributed by atoms with van der Waals surface area (Å²) < 4.78 is 6.91. The SMILES string of the molecule is CCOCC(C)NC(=O)c1cc(-c2ccc(C)cc2)cc(-n2cnnn2)c1. The minimum atomic E-state index is -0.162. The van der Waals surface area contributed by atoms with Gasteiger partial charge in [0.2, 0.25) is 0 Å². The fourth-order valence-corrected chi connectivity index (χ4v) is 2.71. The summed E-state index contributed by atoms with van der Waals surface area (Å²) in [5.74, 6) is -0.162. The fourth-order valence-electron chi connectivity index (χ4n) is 2.71. The van der Waals surface area contributed by atoms with Crippen molar-refractivity contribution >= 4 is 5.91 Å². The second-order valence-corrected chi connectivity index (χ2v) is 6.42. The van der Waals surface area contributed by atoms with Crippen LogP contribution in [-0.2, 0) is 4.74 Å². The maximum absolute atomic E-state index is 12.8. The molecule has 27 heavy (non-hydrogen) atoms. The minimum Gasteiger partial charge on any atom is -0.380 e. The number of carbonyl (C=O) groups is 1. The summed E-state index contributed by atoms with van der Waals surface area (Å²) in [4.78, 5) is 12.8. The molecule has 1 N–H and O–H groups in total. The van der Waals surface area contributed by atoms with Crippen LogP contribution in [0.5, 0.6) is 0 Å². The number of aromatic nitrogens is 4. The number of tetrazole rings is 1. The largest absolute Gasteiger partial charge is 0.380 e. The molecule has 1 unspecified atom stereocenters. The number of hydrogen-bond acceptors (Lipinski definition) is 5. The molecule has 7 nitrogen and oxygen atoms in total. The van der Waals surface area contributed by atoms with E-state index in [2.05, 4.69) is 20.8 Å². The van der Waals surface area contributed by atoms with Crippen LogP contribution in [0.25, 0.3) is 16.8 Å². The lowest BCUT2D eigenvalue weighted by Gasteiger charge is -2.15. The van der Waals surface area contributed by atoms with Crippen LogP contribution in [0.2, 0.25) is 0 Å². The highest BCUT2D eigenvalue weighted by Gasteiger charge is 2.14. The standard InChI is InChI=1S/C20H23N5O2/c1-4-27-12-15(3)22-20(26)18-9-17(16-7-5-14(2)6-8-16)10-19(11-18)25-13-21-23-24-25/h5-11,13,15H,4,12H2,1-3H3,(H,22,26). The lowest BCUT2D eigenvalue weighted by molar-refractivity contribution is 0.0872. The Balaban J connectivity index is 1.95. The van der Waals surface area contributed by atoms with Crippen LogP contribution >= 0.6 is 0 Å². The van der Waals surface area contributed by atoms with Crippen LogP contribution in [0.15, 0.2) is 48.8 Å². The van der Waals surface area contributed by atoms with Crippen LogP contribution in [0.1, 0.15) is 29.8 Å². The van der Waals surface area contributed by atoms with E-state index in [9.17, 15) is 4.79 Å². The van der Waals surface area contributed by atoms with Gasteiger partial charge in [-0.05, 0) is 60.5 Å². The van der Waals surface area contributed by atoms with Crippen molar-refractivity contribution in [2.45, 2.75) is 26.8 Å². The van der Waals surface area contributed by atoms with Crippen molar-refractivity contribution in [1.82, 2.24) is 25.5 Å². The Morgan fingerprint density at radius 1 is 1.19 bits per heavy atom. The van der Waals surface area contributed by atoms with E-state index in [1.54, 1.807) is 6.07 Å². The molecule has 0 aliphatic rings. The second-order valence-electron chi connectivity index (χ2n) is 6.42. The fraction of sp³-hybridized carbons (Fsp3) is 0.300. The molecule has 0 aliphatic carbocycles. The van der Waals surface area contributed by atoms with Gasteiger partial charge in [0.25, 0.3) is 5.91 Å². The van der Waals surface area contributed by atoms with Crippen molar-refractivity contribution in [3.8, 4) is 16.8 Å². The number of amides is 1. The molecule has 3 rings (SSSR count). The summed E-state index contributed by atoms with van der Waals surface area (Å²) in [6, 6.07) is 13.7. The molecule has 0 saturated carbocycles. The van der Waals surface area contributed by atoms with Crippen molar-refractivity contribution in [3.63, 3.8) is 0 Å². The smallest absolute Gasteiger partial charge is 0.251 e. The van der Waals surface area contributed by atoms with Crippen LogP contribution in [-0.4, -0.2) is 45.4 Å². The zero-order chi connectivity index (χ0) is 19.2. The second kappa shape index (κ2) is 8.55. The predicted octanol–water partition coefficient (Wildman–Crippen LogP) is 2.79. The highest BCUT2D eigenvalue weighted by Crippen LogP contribution is 2.24. The first kappa shape index (κ1) is 18.7. The van der Waals surface area contributed by atoms with Crippen LogP contribution < -0.4 is 5.32 Å².